The lowest BCUT2D eigenvalue weighted by atomic mass is 10.0. The Bertz CT molecular complexity index is 1360. The van der Waals surface area contributed by atoms with Crippen molar-refractivity contribution in [1.29, 1.82) is 5.26 Å². The molecule has 1 amide bonds. The van der Waals surface area contributed by atoms with Gasteiger partial charge in [-0.05, 0) is 74.0 Å². The molecule has 2 N–H and O–H groups in total. The maximum atomic E-state index is 12.7. The van der Waals surface area contributed by atoms with Gasteiger partial charge in [-0.3, -0.25) is 4.79 Å². The Kier molecular flexibility index (Phi) is 7.39. The van der Waals surface area contributed by atoms with E-state index in [1.54, 1.807) is 36.4 Å². The fraction of sp³-hybridized carbons (Fsp3) is 0.167. The number of halogens is 1. The first-order valence-electron chi connectivity index (χ1n) is 9.94. The summed E-state index contributed by atoms with van der Waals surface area (Å²) in [4.78, 5) is 12.7. The third-order valence-electron chi connectivity index (χ3n) is 4.99. The number of nitrogens with one attached hydrogen (secondary N) is 2. The maximum Gasteiger partial charge on any atom is 0.242 e. The number of anilines is 1. The molecule has 33 heavy (non-hydrogen) atoms. The van der Waals surface area contributed by atoms with E-state index in [9.17, 15) is 13.2 Å². The highest BCUT2D eigenvalue weighted by Gasteiger charge is 2.18. The van der Waals surface area contributed by atoms with Crippen molar-refractivity contribution >= 4 is 33.2 Å². The minimum Gasteiger partial charge on any atom is -0.457 e. The van der Waals surface area contributed by atoms with E-state index in [4.69, 9.17) is 21.6 Å². The lowest BCUT2D eigenvalue weighted by Crippen LogP contribution is -2.22. The molecule has 9 heteroatoms. The molecule has 0 unspecified atom stereocenters. The van der Waals surface area contributed by atoms with Gasteiger partial charge in [-0.15, -0.1) is 0 Å². The molecule has 170 valence electrons. The van der Waals surface area contributed by atoms with Crippen LogP contribution in [0, 0.1) is 25.2 Å². The summed E-state index contributed by atoms with van der Waals surface area (Å²) in [5.74, 6) is 0.564. The lowest BCUT2D eigenvalue weighted by Gasteiger charge is -2.15. The molecule has 0 aliphatic heterocycles. The third kappa shape index (κ3) is 5.90. The van der Waals surface area contributed by atoms with Gasteiger partial charge in [-0.1, -0.05) is 29.8 Å². The van der Waals surface area contributed by atoms with Gasteiger partial charge in [0.15, 0.2) is 0 Å². The number of hydrogen-bond donors (Lipinski definition) is 2. The fourth-order valence-corrected chi connectivity index (χ4v) is 4.33. The molecule has 0 fully saturated rings. The number of rotatable bonds is 7. The van der Waals surface area contributed by atoms with Crippen LogP contribution in [-0.4, -0.2) is 21.4 Å². The van der Waals surface area contributed by atoms with Crippen molar-refractivity contribution in [3.05, 3.63) is 81.9 Å². The average Bonchev–Trinajstić information content (AvgIpc) is 2.77. The first kappa shape index (κ1) is 24.3. The minimum absolute atomic E-state index is 0.00437. The Morgan fingerprint density at radius 2 is 1.85 bits per heavy atom. The number of carbonyl (C=O) groups excluding carboxylic acids is 1. The van der Waals surface area contributed by atoms with E-state index in [0.29, 0.717) is 27.6 Å². The average molecular weight is 484 g/mol. The summed E-state index contributed by atoms with van der Waals surface area (Å²) in [6.07, 6.45) is 0.00437. The van der Waals surface area contributed by atoms with Crippen LogP contribution in [0.4, 0.5) is 5.69 Å². The van der Waals surface area contributed by atoms with Gasteiger partial charge in [0, 0.05) is 5.02 Å². The molecule has 7 nitrogen and oxygen atoms in total. The SMILES string of the molecule is CNS(=O)(=O)c1ccccc1NC(=O)Cc1cc(C)c(C)c(Oc2cc(Cl)cc(C#N)c2)c1. The fourth-order valence-electron chi connectivity index (χ4n) is 3.21. The summed E-state index contributed by atoms with van der Waals surface area (Å²) in [7, 11) is -2.42. The summed E-state index contributed by atoms with van der Waals surface area (Å²) in [6, 6.07) is 16.6. The van der Waals surface area contributed by atoms with Crippen molar-refractivity contribution in [1.82, 2.24) is 4.72 Å². The Morgan fingerprint density at radius 1 is 1.12 bits per heavy atom. The number of ether oxygens (including phenoxy) is 1. The van der Waals surface area contributed by atoms with Gasteiger partial charge >= 0.3 is 0 Å². The van der Waals surface area contributed by atoms with Crippen molar-refractivity contribution < 1.29 is 17.9 Å². The van der Waals surface area contributed by atoms with Gasteiger partial charge in [0.1, 0.15) is 16.4 Å². The zero-order valence-electron chi connectivity index (χ0n) is 18.3. The van der Waals surface area contributed by atoms with Gasteiger partial charge < -0.3 is 10.1 Å². The number of sulfonamides is 1. The highest BCUT2D eigenvalue weighted by atomic mass is 35.5. The molecule has 0 saturated carbocycles. The molecule has 0 atom stereocenters. The zero-order chi connectivity index (χ0) is 24.2. The number of hydrogen-bond acceptors (Lipinski definition) is 5. The largest absolute Gasteiger partial charge is 0.457 e. The standard InChI is InChI=1S/C24H22ClN3O4S/c1-15-8-17(11-22(16(15)2)32-20-10-18(14-26)9-19(25)13-20)12-24(29)28-21-6-4-5-7-23(21)33(30,31)27-3/h4-11,13,27H,12H2,1-3H3,(H,28,29). The van der Waals surface area contributed by atoms with E-state index in [-0.39, 0.29) is 22.9 Å². The quantitative estimate of drug-likeness (QED) is 0.506. The molecular formula is C24H22ClN3O4S. The van der Waals surface area contributed by atoms with Crippen molar-refractivity contribution in [2.24, 2.45) is 0 Å². The summed E-state index contributed by atoms with van der Waals surface area (Å²) in [6.45, 7) is 3.79. The van der Waals surface area contributed by atoms with E-state index in [2.05, 4.69) is 10.0 Å². The van der Waals surface area contributed by atoms with Crippen LogP contribution >= 0.6 is 11.6 Å². The summed E-state index contributed by atoms with van der Waals surface area (Å²) < 4.78 is 32.7. The van der Waals surface area contributed by atoms with Crippen LogP contribution in [0.15, 0.2) is 59.5 Å². The molecule has 3 aromatic carbocycles. The van der Waals surface area contributed by atoms with E-state index in [1.165, 1.54) is 19.2 Å². The predicted octanol–water partition coefficient (Wildman–Crippen LogP) is 4.71. The van der Waals surface area contributed by atoms with Gasteiger partial charge in [0.05, 0.1) is 23.7 Å². The molecule has 0 spiro atoms. The first-order valence-corrected chi connectivity index (χ1v) is 11.8. The van der Waals surface area contributed by atoms with Crippen LogP contribution < -0.4 is 14.8 Å². The molecule has 0 bridgehead atoms. The molecule has 0 radical (unpaired) electrons. The van der Waals surface area contributed by atoms with E-state index in [1.807, 2.05) is 26.0 Å². The number of carbonyl (C=O) groups is 1. The van der Waals surface area contributed by atoms with Crippen LogP contribution in [0.25, 0.3) is 0 Å². The minimum atomic E-state index is -3.73. The van der Waals surface area contributed by atoms with Crippen molar-refractivity contribution in [2.45, 2.75) is 25.2 Å². The van der Waals surface area contributed by atoms with Crippen molar-refractivity contribution in [3.63, 3.8) is 0 Å². The van der Waals surface area contributed by atoms with Gasteiger partial charge in [-0.25, -0.2) is 13.1 Å². The van der Waals surface area contributed by atoms with Gasteiger partial charge in [-0.2, -0.15) is 5.26 Å². The van der Waals surface area contributed by atoms with E-state index >= 15 is 0 Å². The summed E-state index contributed by atoms with van der Waals surface area (Å²) >= 11 is 6.07. The topological polar surface area (TPSA) is 108 Å². The maximum absolute atomic E-state index is 12.7. The second-order valence-corrected chi connectivity index (χ2v) is 9.65. The van der Waals surface area contributed by atoms with Crippen LogP contribution in [0.2, 0.25) is 5.02 Å². The van der Waals surface area contributed by atoms with Crippen LogP contribution in [0.1, 0.15) is 22.3 Å². The molecule has 0 aromatic heterocycles. The Morgan fingerprint density at radius 3 is 2.55 bits per heavy atom. The van der Waals surface area contributed by atoms with E-state index in [0.717, 1.165) is 11.1 Å². The number of para-hydroxylation sites is 1. The number of amides is 1. The van der Waals surface area contributed by atoms with Gasteiger partial charge in [0.2, 0.25) is 15.9 Å². The lowest BCUT2D eigenvalue weighted by molar-refractivity contribution is -0.115. The Balaban J connectivity index is 1.85. The second-order valence-electron chi connectivity index (χ2n) is 7.35. The molecule has 0 heterocycles. The van der Waals surface area contributed by atoms with Crippen molar-refractivity contribution in [2.75, 3.05) is 12.4 Å². The van der Waals surface area contributed by atoms with E-state index < -0.39 is 10.0 Å². The van der Waals surface area contributed by atoms with Gasteiger partial charge in [0.25, 0.3) is 0 Å². The Hall–Kier alpha value is -3.38. The Labute approximate surface area is 198 Å². The molecule has 0 aliphatic rings. The molecule has 3 aromatic rings. The van der Waals surface area contributed by atoms with Crippen molar-refractivity contribution in [3.8, 4) is 17.6 Å². The van der Waals surface area contributed by atoms with Crippen LogP contribution in [0.5, 0.6) is 11.5 Å². The number of aryl methyl sites for hydroxylation is 1. The van der Waals surface area contributed by atoms with Crippen LogP contribution in [0.3, 0.4) is 0 Å². The zero-order valence-corrected chi connectivity index (χ0v) is 19.8. The van der Waals surface area contributed by atoms with Crippen LogP contribution in [-0.2, 0) is 21.2 Å². The number of benzene rings is 3. The second kappa shape index (κ2) is 10.0. The third-order valence-corrected chi connectivity index (χ3v) is 6.68. The molecular weight excluding hydrogens is 462 g/mol. The summed E-state index contributed by atoms with van der Waals surface area (Å²) in [5, 5.41) is 12.2. The summed E-state index contributed by atoms with van der Waals surface area (Å²) in [5.41, 5.74) is 3.04. The molecule has 0 saturated heterocycles. The number of nitrogens with zero attached hydrogens (tertiary/aromatic N) is 1. The first-order chi connectivity index (χ1) is 15.6. The predicted molar refractivity (Wildman–Crippen MR) is 127 cm³/mol. The molecule has 3 rings (SSSR count). The monoisotopic (exact) mass is 483 g/mol. The smallest absolute Gasteiger partial charge is 0.242 e. The highest BCUT2D eigenvalue weighted by Crippen LogP contribution is 2.31. The molecule has 0 aliphatic carbocycles. The normalized spacial score (nSPS) is 11.0. The number of nitriles is 1. The highest BCUT2D eigenvalue weighted by molar-refractivity contribution is 7.89.